The fourth-order valence-corrected chi connectivity index (χ4v) is 2.38. The minimum atomic E-state index is -0.306. The highest BCUT2D eigenvalue weighted by Gasteiger charge is 2.24. The van der Waals surface area contributed by atoms with Crippen LogP contribution in [-0.2, 0) is 13.1 Å². The normalized spacial score (nSPS) is 25.3. The lowest BCUT2D eigenvalue weighted by Crippen LogP contribution is -2.42. The molecule has 3 N–H and O–H groups in total. The zero-order chi connectivity index (χ0) is 13.1. The van der Waals surface area contributed by atoms with Crippen molar-refractivity contribution in [3.05, 3.63) is 35.1 Å². The number of nitrogens with zero attached hydrogens (tertiary/aromatic N) is 1. The molecular weight excluding hydrogens is 231 g/mol. The average Bonchev–Trinajstić information content (AvgIpc) is 2.36. The number of aliphatic hydroxyl groups excluding tert-OH is 1. The van der Waals surface area contributed by atoms with Gasteiger partial charge in [-0.3, -0.25) is 4.90 Å². The summed E-state index contributed by atoms with van der Waals surface area (Å²) in [6, 6.07) is 5.01. The van der Waals surface area contributed by atoms with E-state index in [1.54, 1.807) is 6.07 Å². The van der Waals surface area contributed by atoms with Gasteiger partial charge >= 0.3 is 0 Å². The summed E-state index contributed by atoms with van der Waals surface area (Å²) in [5.74, 6) is 0.141. The van der Waals surface area contributed by atoms with Crippen LogP contribution < -0.4 is 5.73 Å². The molecule has 0 radical (unpaired) electrons. The molecule has 1 fully saturated rings. The summed E-state index contributed by atoms with van der Waals surface area (Å²) in [6.07, 6.45) is 0.652. The summed E-state index contributed by atoms with van der Waals surface area (Å²) in [6.45, 7) is 4.55. The van der Waals surface area contributed by atoms with E-state index in [9.17, 15) is 9.50 Å². The first-order chi connectivity index (χ1) is 8.60. The number of β-amino-alcohol motifs (C(OH)–C–C–N with tert-alkyl or cyclic N) is 1. The van der Waals surface area contributed by atoms with Crippen molar-refractivity contribution in [3.63, 3.8) is 0 Å². The zero-order valence-electron chi connectivity index (χ0n) is 10.8. The molecule has 100 valence electrons. The molecule has 18 heavy (non-hydrogen) atoms. The number of halogens is 1. The number of nitrogens with two attached hydrogens (primary N) is 1. The highest BCUT2D eigenvalue weighted by Crippen LogP contribution is 2.20. The molecule has 1 heterocycles. The second-order valence-electron chi connectivity index (χ2n) is 5.20. The molecule has 0 bridgehead atoms. The number of rotatable bonds is 3. The van der Waals surface area contributed by atoms with Crippen molar-refractivity contribution in [2.24, 2.45) is 11.7 Å². The molecule has 2 rings (SSSR count). The lowest BCUT2D eigenvalue weighted by Gasteiger charge is -2.34. The smallest absolute Gasteiger partial charge is 0.127 e. The van der Waals surface area contributed by atoms with Crippen LogP contribution in [0, 0.1) is 11.7 Å². The van der Waals surface area contributed by atoms with Crippen LogP contribution in [0.25, 0.3) is 0 Å². The van der Waals surface area contributed by atoms with Crippen molar-refractivity contribution >= 4 is 0 Å². The van der Waals surface area contributed by atoms with Gasteiger partial charge in [-0.05, 0) is 30.5 Å². The molecule has 3 nitrogen and oxygen atoms in total. The van der Waals surface area contributed by atoms with Crippen LogP contribution in [0.15, 0.2) is 18.2 Å². The van der Waals surface area contributed by atoms with Crippen LogP contribution in [0.3, 0.4) is 0 Å². The molecule has 0 amide bonds. The lowest BCUT2D eigenvalue weighted by molar-refractivity contribution is 0.0255. The van der Waals surface area contributed by atoms with Crippen LogP contribution in [0.5, 0.6) is 0 Å². The molecule has 0 aromatic heterocycles. The Morgan fingerprint density at radius 1 is 1.50 bits per heavy atom. The van der Waals surface area contributed by atoms with E-state index in [4.69, 9.17) is 5.73 Å². The van der Waals surface area contributed by atoms with Crippen molar-refractivity contribution in [1.82, 2.24) is 4.90 Å². The van der Waals surface area contributed by atoms with Crippen molar-refractivity contribution in [3.8, 4) is 0 Å². The van der Waals surface area contributed by atoms with E-state index in [1.165, 1.54) is 6.07 Å². The Hall–Kier alpha value is -0.970. The van der Waals surface area contributed by atoms with Gasteiger partial charge in [-0.1, -0.05) is 19.1 Å². The first-order valence-electron chi connectivity index (χ1n) is 6.48. The number of benzene rings is 1. The fourth-order valence-electron chi connectivity index (χ4n) is 2.38. The Morgan fingerprint density at radius 2 is 2.28 bits per heavy atom. The Kier molecular flexibility index (Phi) is 4.32. The summed E-state index contributed by atoms with van der Waals surface area (Å²) in [7, 11) is 0. The van der Waals surface area contributed by atoms with Crippen LogP contribution in [0.2, 0.25) is 0 Å². The molecule has 4 heteroatoms. The Bertz CT molecular complexity index is 411. The quantitative estimate of drug-likeness (QED) is 0.857. The number of piperidine rings is 1. The maximum Gasteiger partial charge on any atom is 0.127 e. The standard InChI is InChI=1S/C14H21FN2O/c1-10-4-5-17(9-14(10)18)8-12-6-11(7-16)2-3-13(12)15/h2-3,6,10,14,18H,4-5,7-9,16H2,1H3. The van der Waals surface area contributed by atoms with Gasteiger partial charge in [-0.25, -0.2) is 4.39 Å². The van der Waals surface area contributed by atoms with Gasteiger partial charge in [0.15, 0.2) is 0 Å². The van der Waals surface area contributed by atoms with Crippen LogP contribution in [0.1, 0.15) is 24.5 Å². The molecule has 0 aliphatic carbocycles. The number of likely N-dealkylation sites (tertiary alicyclic amines) is 1. The third-order valence-corrected chi connectivity index (χ3v) is 3.74. The van der Waals surface area contributed by atoms with E-state index in [0.717, 1.165) is 18.5 Å². The Labute approximate surface area is 107 Å². The van der Waals surface area contributed by atoms with E-state index < -0.39 is 0 Å². The maximum atomic E-state index is 13.7. The molecule has 2 unspecified atom stereocenters. The Morgan fingerprint density at radius 3 is 2.94 bits per heavy atom. The van der Waals surface area contributed by atoms with Gasteiger partial charge in [0.2, 0.25) is 0 Å². The van der Waals surface area contributed by atoms with Gasteiger partial charge in [-0.2, -0.15) is 0 Å². The van der Waals surface area contributed by atoms with Crippen LogP contribution >= 0.6 is 0 Å². The topological polar surface area (TPSA) is 49.5 Å². The van der Waals surface area contributed by atoms with Crippen molar-refractivity contribution in [1.29, 1.82) is 0 Å². The first-order valence-corrected chi connectivity index (χ1v) is 6.48. The van der Waals surface area contributed by atoms with Crippen LogP contribution in [0.4, 0.5) is 4.39 Å². The van der Waals surface area contributed by atoms with Gasteiger partial charge in [-0.15, -0.1) is 0 Å². The predicted octanol–water partition coefficient (Wildman–Crippen LogP) is 1.49. The van der Waals surface area contributed by atoms with E-state index in [-0.39, 0.29) is 11.9 Å². The van der Waals surface area contributed by atoms with Gasteiger partial charge in [0.1, 0.15) is 5.82 Å². The second kappa shape index (κ2) is 5.78. The van der Waals surface area contributed by atoms with E-state index in [1.807, 2.05) is 6.07 Å². The van der Waals surface area contributed by atoms with Crippen molar-refractivity contribution in [2.45, 2.75) is 32.5 Å². The van der Waals surface area contributed by atoms with Gasteiger partial charge in [0.25, 0.3) is 0 Å². The molecule has 1 aliphatic rings. The molecule has 0 saturated carbocycles. The lowest BCUT2D eigenvalue weighted by atomic mass is 9.95. The minimum absolute atomic E-state index is 0.194. The third-order valence-electron chi connectivity index (χ3n) is 3.74. The summed E-state index contributed by atoms with van der Waals surface area (Å²) in [5.41, 5.74) is 7.17. The maximum absolute atomic E-state index is 13.7. The fraction of sp³-hybridized carbons (Fsp3) is 0.571. The zero-order valence-corrected chi connectivity index (χ0v) is 10.8. The molecule has 0 spiro atoms. The van der Waals surface area contributed by atoms with Crippen molar-refractivity contribution < 1.29 is 9.50 Å². The summed E-state index contributed by atoms with van der Waals surface area (Å²) in [5, 5.41) is 9.84. The van der Waals surface area contributed by atoms with Crippen LogP contribution in [-0.4, -0.2) is 29.2 Å². The van der Waals surface area contributed by atoms with Gasteiger partial charge in [0.05, 0.1) is 6.10 Å². The number of hydrogen-bond acceptors (Lipinski definition) is 3. The molecule has 1 aromatic rings. The van der Waals surface area contributed by atoms with E-state index in [0.29, 0.717) is 31.1 Å². The average molecular weight is 252 g/mol. The molecule has 1 aliphatic heterocycles. The summed E-state index contributed by atoms with van der Waals surface area (Å²) < 4.78 is 13.7. The number of hydrogen-bond donors (Lipinski definition) is 2. The number of aliphatic hydroxyl groups is 1. The van der Waals surface area contributed by atoms with Crippen molar-refractivity contribution in [2.75, 3.05) is 13.1 Å². The first kappa shape index (κ1) is 13.5. The molecule has 2 atom stereocenters. The largest absolute Gasteiger partial charge is 0.392 e. The van der Waals surface area contributed by atoms with Gasteiger partial charge < -0.3 is 10.8 Å². The minimum Gasteiger partial charge on any atom is -0.392 e. The molecule has 1 aromatic carbocycles. The monoisotopic (exact) mass is 252 g/mol. The highest BCUT2D eigenvalue weighted by molar-refractivity contribution is 5.25. The summed E-state index contributed by atoms with van der Waals surface area (Å²) >= 11 is 0. The SMILES string of the molecule is CC1CCN(Cc2cc(CN)ccc2F)CC1O. The van der Waals surface area contributed by atoms with E-state index >= 15 is 0 Å². The Balaban J connectivity index is 2.05. The third kappa shape index (κ3) is 3.07. The molecule has 1 saturated heterocycles. The predicted molar refractivity (Wildman–Crippen MR) is 69.4 cm³/mol. The highest BCUT2D eigenvalue weighted by atomic mass is 19.1. The second-order valence-corrected chi connectivity index (χ2v) is 5.20. The van der Waals surface area contributed by atoms with E-state index in [2.05, 4.69) is 11.8 Å². The van der Waals surface area contributed by atoms with Gasteiger partial charge in [0, 0.05) is 25.2 Å². The molecular formula is C14H21FN2O. The summed E-state index contributed by atoms with van der Waals surface area (Å²) in [4.78, 5) is 2.10.